The van der Waals surface area contributed by atoms with Crippen LogP contribution in [0.5, 0.6) is 0 Å². The first-order chi connectivity index (χ1) is 11.2. The lowest BCUT2D eigenvalue weighted by atomic mass is 9.75. The van der Waals surface area contributed by atoms with Crippen molar-refractivity contribution < 1.29 is 9.47 Å². The zero-order valence-corrected chi connectivity index (χ0v) is 14.8. The number of morpholine rings is 2. The van der Waals surface area contributed by atoms with E-state index in [-0.39, 0.29) is 0 Å². The topological polar surface area (TPSA) is 24.9 Å². The SMILES string of the molecule is CC(CN1CCOCC1)C1CC2(CN3CCOCC3)CCC1C2. The van der Waals surface area contributed by atoms with Gasteiger partial charge in [0.1, 0.15) is 0 Å². The van der Waals surface area contributed by atoms with E-state index in [1.807, 2.05) is 0 Å². The van der Waals surface area contributed by atoms with Crippen molar-refractivity contribution in [1.29, 1.82) is 0 Å². The molecule has 0 aromatic rings. The highest BCUT2D eigenvalue weighted by atomic mass is 16.5. The van der Waals surface area contributed by atoms with Gasteiger partial charge in [-0.1, -0.05) is 6.92 Å². The van der Waals surface area contributed by atoms with Gasteiger partial charge in [0.05, 0.1) is 26.4 Å². The van der Waals surface area contributed by atoms with Gasteiger partial charge < -0.3 is 9.47 Å². The van der Waals surface area contributed by atoms with E-state index in [4.69, 9.17) is 9.47 Å². The summed E-state index contributed by atoms with van der Waals surface area (Å²) in [5.74, 6) is 2.82. The summed E-state index contributed by atoms with van der Waals surface area (Å²) in [6.07, 6.45) is 5.96. The maximum Gasteiger partial charge on any atom is 0.0594 e. The molecule has 4 aliphatic rings. The Balaban J connectivity index is 1.32. The zero-order chi connectivity index (χ0) is 15.7. The quantitative estimate of drug-likeness (QED) is 0.774. The Morgan fingerprint density at radius 1 is 0.957 bits per heavy atom. The fraction of sp³-hybridized carbons (Fsp3) is 1.00. The lowest BCUT2D eigenvalue weighted by molar-refractivity contribution is 0.0104. The molecular formula is C19H34N2O2. The van der Waals surface area contributed by atoms with Gasteiger partial charge in [0.25, 0.3) is 0 Å². The number of hydrogen-bond acceptors (Lipinski definition) is 4. The van der Waals surface area contributed by atoms with Crippen LogP contribution in [-0.2, 0) is 9.47 Å². The predicted molar refractivity (Wildman–Crippen MR) is 91.6 cm³/mol. The van der Waals surface area contributed by atoms with Crippen LogP contribution < -0.4 is 0 Å². The van der Waals surface area contributed by atoms with Gasteiger partial charge >= 0.3 is 0 Å². The number of hydrogen-bond donors (Lipinski definition) is 0. The standard InChI is InChI=1S/C19H34N2O2/c1-16(14-20-4-8-22-9-5-20)18-13-19(3-2-17(18)12-19)15-21-6-10-23-11-7-21/h16-18H,2-15H2,1H3. The molecule has 0 N–H and O–H groups in total. The Hall–Kier alpha value is -0.160. The first-order valence-corrected chi connectivity index (χ1v) is 9.84. The van der Waals surface area contributed by atoms with E-state index >= 15 is 0 Å². The van der Waals surface area contributed by atoms with E-state index in [1.165, 1.54) is 38.8 Å². The smallest absolute Gasteiger partial charge is 0.0594 e. The van der Waals surface area contributed by atoms with Crippen LogP contribution in [0.15, 0.2) is 0 Å². The molecule has 4 atom stereocenters. The number of ether oxygens (including phenoxy) is 2. The van der Waals surface area contributed by atoms with Crippen molar-refractivity contribution in [3.8, 4) is 0 Å². The average Bonchev–Trinajstić information content (AvgIpc) is 3.14. The molecule has 2 heterocycles. The summed E-state index contributed by atoms with van der Waals surface area (Å²) in [6.45, 7) is 13.5. The summed E-state index contributed by atoms with van der Waals surface area (Å²) < 4.78 is 11.0. The van der Waals surface area contributed by atoms with E-state index in [9.17, 15) is 0 Å². The molecule has 4 fully saturated rings. The van der Waals surface area contributed by atoms with Crippen LogP contribution in [0.4, 0.5) is 0 Å². The minimum absolute atomic E-state index is 0.645. The molecule has 4 unspecified atom stereocenters. The molecule has 0 aromatic carbocycles. The fourth-order valence-electron chi connectivity index (χ4n) is 5.90. The summed E-state index contributed by atoms with van der Waals surface area (Å²) in [4.78, 5) is 5.32. The second-order valence-corrected chi connectivity index (χ2v) is 8.65. The third-order valence-electron chi connectivity index (χ3n) is 7.06. The molecule has 0 radical (unpaired) electrons. The zero-order valence-electron chi connectivity index (χ0n) is 14.8. The third kappa shape index (κ3) is 3.60. The van der Waals surface area contributed by atoms with E-state index in [0.717, 1.165) is 70.4 Å². The Kier molecular flexibility index (Phi) is 4.96. The van der Waals surface area contributed by atoms with Crippen LogP contribution in [-0.4, -0.2) is 75.5 Å². The van der Waals surface area contributed by atoms with Crippen LogP contribution in [0.2, 0.25) is 0 Å². The van der Waals surface area contributed by atoms with Gasteiger partial charge in [-0.05, 0) is 48.9 Å². The number of rotatable bonds is 5. The fourth-order valence-corrected chi connectivity index (χ4v) is 5.90. The molecule has 4 rings (SSSR count). The normalized spacial score (nSPS) is 40.6. The number of nitrogens with zero attached hydrogens (tertiary/aromatic N) is 2. The van der Waals surface area contributed by atoms with E-state index in [1.54, 1.807) is 0 Å². The molecule has 4 heteroatoms. The maximum absolute atomic E-state index is 5.53. The largest absolute Gasteiger partial charge is 0.379 e. The van der Waals surface area contributed by atoms with Crippen molar-refractivity contribution in [1.82, 2.24) is 9.80 Å². The average molecular weight is 322 g/mol. The molecular weight excluding hydrogens is 288 g/mol. The monoisotopic (exact) mass is 322 g/mol. The van der Waals surface area contributed by atoms with E-state index in [2.05, 4.69) is 16.7 Å². The van der Waals surface area contributed by atoms with Gasteiger partial charge in [0, 0.05) is 39.3 Å². The molecule has 2 aliphatic heterocycles. The van der Waals surface area contributed by atoms with Crippen molar-refractivity contribution in [2.45, 2.75) is 32.6 Å². The summed E-state index contributed by atoms with van der Waals surface area (Å²) in [6, 6.07) is 0. The van der Waals surface area contributed by atoms with Gasteiger partial charge in [0.2, 0.25) is 0 Å². The molecule has 2 saturated heterocycles. The summed E-state index contributed by atoms with van der Waals surface area (Å²) in [5.41, 5.74) is 0.645. The second-order valence-electron chi connectivity index (χ2n) is 8.65. The van der Waals surface area contributed by atoms with E-state index < -0.39 is 0 Å². The molecule has 23 heavy (non-hydrogen) atoms. The summed E-state index contributed by atoms with van der Waals surface area (Å²) in [5, 5.41) is 0. The first kappa shape index (κ1) is 16.3. The molecule has 0 amide bonds. The predicted octanol–water partition coefficient (Wildman–Crippen LogP) is 2.09. The highest BCUT2D eigenvalue weighted by molar-refractivity contribution is 5.03. The van der Waals surface area contributed by atoms with Crippen LogP contribution >= 0.6 is 0 Å². The van der Waals surface area contributed by atoms with E-state index in [0.29, 0.717) is 5.41 Å². The third-order valence-corrected chi connectivity index (χ3v) is 7.06. The molecule has 0 spiro atoms. The Morgan fingerprint density at radius 2 is 1.61 bits per heavy atom. The lowest BCUT2D eigenvalue weighted by Crippen LogP contribution is -2.43. The van der Waals surface area contributed by atoms with Gasteiger partial charge in [-0.25, -0.2) is 0 Å². The molecule has 132 valence electrons. The Morgan fingerprint density at radius 3 is 2.30 bits per heavy atom. The molecule has 4 nitrogen and oxygen atoms in total. The van der Waals surface area contributed by atoms with Crippen molar-refractivity contribution >= 4 is 0 Å². The Labute approximate surface area is 141 Å². The van der Waals surface area contributed by atoms with Crippen molar-refractivity contribution in [2.75, 3.05) is 65.7 Å². The summed E-state index contributed by atoms with van der Waals surface area (Å²) in [7, 11) is 0. The molecule has 2 saturated carbocycles. The summed E-state index contributed by atoms with van der Waals surface area (Å²) >= 11 is 0. The Bertz CT molecular complexity index is 393. The second kappa shape index (κ2) is 6.99. The minimum Gasteiger partial charge on any atom is -0.379 e. The number of fused-ring (bicyclic) bond motifs is 2. The van der Waals surface area contributed by atoms with Gasteiger partial charge in [-0.15, -0.1) is 0 Å². The highest BCUT2D eigenvalue weighted by Gasteiger charge is 2.52. The first-order valence-electron chi connectivity index (χ1n) is 9.84. The minimum atomic E-state index is 0.645. The lowest BCUT2D eigenvalue weighted by Gasteiger charge is -2.39. The maximum atomic E-state index is 5.53. The van der Waals surface area contributed by atoms with Crippen molar-refractivity contribution in [2.24, 2.45) is 23.2 Å². The van der Waals surface area contributed by atoms with Gasteiger partial charge in [-0.2, -0.15) is 0 Å². The van der Waals surface area contributed by atoms with Crippen molar-refractivity contribution in [3.05, 3.63) is 0 Å². The highest BCUT2D eigenvalue weighted by Crippen LogP contribution is 2.59. The van der Waals surface area contributed by atoms with Gasteiger partial charge in [0.15, 0.2) is 0 Å². The van der Waals surface area contributed by atoms with Crippen LogP contribution in [0.3, 0.4) is 0 Å². The molecule has 2 bridgehead atoms. The van der Waals surface area contributed by atoms with Gasteiger partial charge in [-0.3, -0.25) is 9.80 Å². The molecule has 0 aromatic heterocycles. The van der Waals surface area contributed by atoms with Crippen LogP contribution in [0, 0.1) is 23.2 Å². The van der Waals surface area contributed by atoms with Crippen molar-refractivity contribution in [3.63, 3.8) is 0 Å². The molecule has 2 aliphatic carbocycles. The van der Waals surface area contributed by atoms with Crippen LogP contribution in [0.1, 0.15) is 32.6 Å². The van der Waals surface area contributed by atoms with Crippen LogP contribution in [0.25, 0.3) is 0 Å².